The zero-order valence-electron chi connectivity index (χ0n) is 19.5. The average Bonchev–Trinajstić information content (AvgIpc) is 2.83. The molecule has 2 aromatic heterocycles. The fourth-order valence-electron chi connectivity index (χ4n) is 3.23. The first-order valence-corrected chi connectivity index (χ1v) is 12.3. The van der Waals surface area contributed by atoms with Crippen LogP contribution in [0.4, 0.5) is 16.0 Å². The number of benzene rings is 2. The molecule has 2 aromatic carbocycles. The largest absolute Gasteiger partial charge is 0.476 e. The quantitative estimate of drug-likeness (QED) is 0.360. The normalized spacial score (nSPS) is 11.6. The predicted molar refractivity (Wildman–Crippen MR) is 134 cm³/mol. The third-order valence-corrected chi connectivity index (χ3v) is 6.50. The van der Waals surface area contributed by atoms with Gasteiger partial charge in [-0.05, 0) is 48.9 Å². The van der Waals surface area contributed by atoms with Crippen molar-refractivity contribution < 1.29 is 17.5 Å². The van der Waals surface area contributed by atoms with Crippen LogP contribution in [0.5, 0.6) is 5.88 Å². The van der Waals surface area contributed by atoms with E-state index in [2.05, 4.69) is 20.0 Å². The minimum absolute atomic E-state index is 0.295. The molecule has 0 aliphatic rings. The van der Waals surface area contributed by atoms with Gasteiger partial charge in [-0.1, -0.05) is 24.3 Å². The molecule has 0 unspecified atom stereocenters. The molecule has 0 aliphatic heterocycles. The van der Waals surface area contributed by atoms with Gasteiger partial charge in [-0.15, -0.1) is 0 Å². The second-order valence-electron chi connectivity index (χ2n) is 7.80. The summed E-state index contributed by atoms with van der Waals surface area (Å²) in [4.78, 5) is 13.7. The molecule has 0 amide bonds. The Labute approximate surface area is 203 Å². The Kier molecular flexibility index (Phi) is 7.08. The van der Waals surface area contributed by atoms with E-state index >= 15 is 0 Å². The molecule has 4 aromatic rings. The molecular formula is C24H25FN6O3S. The van der Waals surface area contributed by atoms with Crippen molar-refractivity contribution in [3.8, 4) is 17.1 Å². The van der Waals surface area contributed by atoms with Crippen LogP contribution in [0.2, 0.25) is 0 Å². The van der Waals surface area contributed by atoms with Gasteiger partial charge < -0.3 is 10.1 Å². The number of pyridine rings is 1. The molecule has 0 spiro atoms. The molecule has 0 radical (unpaired) electrons. The topological polar surface area (TPSA) is 109 Å². The van der Waals surface area contributed by atoms with Gasteiger partial charge in [0.25, 0.3) is 0 Å². The molecule has 9 nitrogen and oxygen atoms in total. The first kappa shape index (κ1) is 24.3. The number of hydrogen-bond donors (Lipinski definition) is 2. The highest BCUT2D eigenvalue weighted by Crippen LogP contribution is 2.28. The molecule has 2 heterocycles. The van der Waals surface area contributed by atoms with Crippen molar-refractivity contribution in [2.24, 2.45) is 0 Å². The minimum atomic E-state index is -3.63. The SMILES string of the molecule is CCOc1nc(NCc2ccc(F)cc2)nc2ccc(-c3cccc(NS(=O)(=O)N(C)C)c3)nc12. The Bertz CT molecular complexity index is 1450. The highest BCUT2D eigenvalue weighted by molar-refractivity contribution is 7.90. The lowest BCUT2D eigenvalue weighted by molar-refractivity contribution is 0.330. The van der Waals surface area contributed by atoms with Gasteiger partial charge in [-0.3, -0.25) is 4.72 Å². The lowest BCUT2D eigenvalue weighted by Gasteiger charge is -2.14. The van der Waals surface area contributed by atoms with Crippen LogP contribution < -0.4 is 14.8 Å². The van der Waals surface area contributed by atoms with Crippen LogP contribution in [0.15, 0.2) is 60.7 Å². The van der Waals surface area contributed by atoms with Gasteiger partial charge in [0.2, 0.25) is 11.8 Å². The number of nitrogens with zero attached hydrogens (tertiary/aromatic N) is 4. The summed E-state index contributed by atoms with van der Waals surface area (Å²) in [5.41, 5.74) is 3.69. The van der Waals surface area contributed by atoms with Crippen LogP contribution in [0.1, 0.15) is 12.5 Å². The van der Waals surface area contributed by atoms with E-state index in [1.54, 1.807) is 36.4 Å². The van der Waals surface area contributed by atoms with Crippen LogP contribution in [0.25, 0.3) is 22.3 Å². The summed E-state index contributed by atoms with van der Waals surface area (Å²) in [5, 5.41) is 3.13. The molecule has 0 bridgehead atoms. The number of hydrogen-bond acceptors (Lipinski definition) is 7. The van der Waals surface area contributed by atoms with Crippen molar-refractivity contribution in [3.05, 3.63) is 72.0 Å². The van der Waals surface area contributed by atoms with Gasteiger partial charge in [0.15, 0.2) is 5.52 Å². The monoisotopic (exact) mass is 496 g/mol. The summed E-state index contributed by atoms with van der Waals surface area (Å²) in [7, 11) is -0.727. The van der Waals surface area contributed by atoms with E-state index < -0.39 is 10.2 Å². The molecule has 2 N–H and O–H groups in total. The van der Waals surface area contributed by atoms with Crippen molar-refractivity contribution >= 4 is 32.9 Å². The Morgan fingerprint density at radius 2 is 1.77 bits per heavy atom. The fraction of sp³-hybridized carbons (Fsp3) is 0.208. The molecular weight excluding hydrogens is 471 g/mol. The number of ether oxygens (including phenoxy) is 1. The fourth-order valence-corrected chi connectivity index (χ4v) is 3.84. The standard InChI is InChI=1S/C24H25FN6O3S/c1-4-34-23-22-21(28-24(29-23)26-15-16-8-10-18(25)11-9-16)13-12-20(27-22)17-6-5-7-19(14-17)30-35(32,33)31(2)3/h5-14,30H,4,15H2,1-3H3,(H,26,28,29). The van der Waals surface area contributed by atoms with E-state index in [0.717, 1.165) is 9.87 Å². The third kappa shape index (κ3) is 5.81. The van der Waals surface area contributed by atoms with Crippen molar-refractivity contribution in [2.45, 2.75) is 13.5 Å². The lowest BCUT2D eigenvalue weighted by atomic mass is 10.1. The maximum Gasteiger partial charge on any atom is 0.301 e. The molecule has 0 atom stereocenters. The van der Waals surface area contributed by atoms with Crippen molar-refractivity contribution in [3.63, 3.8) is 0 Å². The molecule has 0 saturated carbocycles. The van der Waals surface area contributed by atoms with Crippen LogP contribution >= 0.6 is 0 Å². The van der Waals surface area contributed by atoms with Gasteiger partial charge in [0.05, 0.1) is 23.5 Å². The van der Waals surface area contributed by atoms with E-state index in [0.29, 0.717) is 53.0 Å². The number of rotatable bonds is 9. The summed E-state index contributed by atoms with van der Waals surface area (Å²) in [5.74, 6) is 0.391. The van der Waals surface area contributed by atoms with Crippen molar-refractivity contribution in [2.75, 3.05) is 30.7 Å². The first-order chi connectivity index (χ1) is 16.7. The number of fused-ring (bicyclic) bond motifs is 1. The van der Waals surface area contributed by atoms with Gasteiger partial charge in [-0.2, -0.15) is 17.7 Å². The Morgan fingerprint density at radius 3 is 2.49 bits per heavy atom. The molecule has 4 rings (SSSR count). The summed E-state index contributed by atoms with van der Waals surface area (Å²) < 4.78 is 46.8. The Hall–Kier alpha value is -3.83. The van der Waals surface area contributed by atoms with Crippen LogP contribution in [0.3, 0.4) is 0 Å². The number of nitrogens with one attached hydrogen (secondary N) is 2. The van der Waals surface area contributed by atoms with Gasteiger partial charge in [0.1, 0.15) is 5.82 Å². The maximum atomic E-state index is 13.1. The highest BCUT2D eigenvalue weighted by Gasteiger charge is 2.15. The predicted octanol–water partition coefficient (Wildman–Crippen LogP) is 4.06. The Balaban J connectivity index is 1.64. The summed E-state index contributed by atoms with van der Waals surface area (Å²) in [6.07, 6.45) is 0. The average molecular weight is 497 g/mol. The van der Waals surface area contributed by atoms with Gasteiger partial charge in [0, 0.05) is 26.2 Å². The highest BCUT2D eigenvalue weighted by atomic mass is 32.2. The molecule has 0 fully saturated rings. The molecule has 35 heavy (non-hydrogen) atoms. The van der Waals surface area contributed by atoms with E-state index in [1.165, 1.54) is 26.2 Å². The lowest BCUT2D eigenvalue weighted by Crippen LogP contribution is -2.28. The summed E-state index contributed by atoms with van der Waals surface area (Å²) in [6.45, 7) is 2.65. The van der Waals surface area contributed by atoms with Crippen LogP contribution in [-0.4, -0.2) is 48.4 Å². The first-order valence-electron chi connectivity index (χ1n) is 10.9. The van der Waals surface area contributed by atoms with Gasteiger partial charge >= 0.3 is 10.2 Å². The minimum Gasteiger partial charge on any atom is -0.476 e. The van der Waals surface area contributed by atoms with Crippen molar-refractivity contribution in [1.29, 1.82) is 0 Å². The zero-order valence-corrected chi connectivity index (χ0v) is 20.3. The second-order valence-corrected chi connectivity index (χ2v) is 9.68. The van der Waals surface area contributed by atoms with Crippen molar-refractivity contribution in [1.82, 2.24) is 19.3 Å². The van der Waals surface area contributed by atoms with Crippen LogP contribution in [-0.2, 0) is 16.8 Å². The number of aromatic nitrogens is 3. The number of anilines is 2. The van der Waals surface area contributed by atoms with E-state index in [-0.39, 0.29) is 5.82 Å². The van der Waals surface area contributed by atoms with E-state index in [4.69, 9.17) is 9.72 Å². The Morgan fingerprint density at radius 1 is 1.00 bits per heavy atom. The molecule has 11 heteroatoms. The summed E-state index contributed by atoms with van der Waals surface area (Å²) in [6, 6.07) is 16.7. The van der Waals surface area contributed by atoms with E-state index in [1.807, 2.05) is 19.1 Å². The molecule has 0 saturated heterocycles. The number of halogens is 1. The smallest absolute Gasteiger partial charge is 0.301 e. The van der Waals surface area contributed by atoms with Gasteiger partial charge in [-0.25, -0.2) is 14.4 Å². The second kappa shape index (κ2) is 10.2. The summed E-state index contributed by atoms with van der Waals surface area (Å²) >= 11 is 0. The molecule has 182 valence electrons. The van der Waals surface area contributed by atoms with E-state index in [9.17, 15) is 12.8 Å². The molecule has 0 aliphatic carbocycles. The third-order valence-electron chi connectivity index (χ3n) is 5.04. The van der Waals surface area contributed by atoms with Crippen LogP contribution in [0, 0.1) is 5.82 Å². The maximum absolute atomic E-state index is 13.1. The zero-order chi connectivity index (χ0) is 25.0.